The Bertz CT molecular complexity index is 390. The fraction of sp³-hybridized carbons (Fsp3) is 0.833. The molecule has 0 saturated carbocycles. The maximum absolute atomic E-state index is 11.1. The Labute approximate surface area is 123 Å². The molecule has 1 aliphatic heterocycles. The molecule has 0 aromatic heterocycles. The number of aliphatic imine (C=N–C) groups is 1. The van der Waals surface area contributed by atoms with Gasteiger partial charge in [-0.2, -0.15) is 0 Å². The molecule has 0 aromatic carbocycles. The molecule has 0 fully saturated rings. The van der Waals surface area contributed by atoms with Gasteiger partial charge in [-0.05, 0) is 0 Å². The van der Waals surface area contributed by atoms with Crippen LogP contribution < -0.4 is 16.0 Å². The van der Waals surface area contributed by atoms with Gasteiger partial charge in [-0.25, -0.2) is 0 Å². The van der Waals surface area contributed by atoms with Gasteiger partial charge in [-0.3, -0.25) is 19.9 Å². The van der Waals surface area contributed by atoms with E-state index in [2.05, 4.69) is 20.9 Å². The third-order valence-electron chi connectivity index (χ3n) is 3.35. The summed E-state index contributed by atoms with van der Waals surface area (Å²) in [6.45, 7) is 4.03. The zero-order valence-electron chi connectivity index (χ0n) is 12.2. The summed E-state index contributed by atoms with van der Waals surface area (Å²) in [5, 5.41) is 29.2. The van der Waals surface area contributed by atoms with Crippen LogP contribution in [0.3, 0.4) is 0 Å². The van der Waals surface area contributed by atoms with E-state index in [0.717, 1.165) is 0 Å². The maximum atomic E-state index is 11.1. The van der Waals surface area contributed by atoms with Crippen LogP contribution in [0.25, 0.3) is 0 Å². The number of nitrogens with zero attached hydrogens (tertiary/aromatic N) is 2. The van der Waals surface area contributed by atoms with Crippen molar-refractivity contribution in [2.24, 2.45) is 10.9 Å². The number of nitrogens with one attached hydrogen (secondary N) is 3. The zero-order chi connectivity index (χ0) is 15.7. The number of rotatable bonds is 2. The smallest absolute Gasteiger partial charge is 0.309 e. The van der Waals surface area contributed by atoms with Crippen molar-refractivity contribution < 1.29 is 14.8 Å². The zero-order valence-corrected chi connectivity index (χ0v) is 12.2. The van der Waals surface area contributed by atoms with E-state index in [1.807, 2.05) is 0 Å². The molecule has 9 nitrogen and oxygen atoms in total. The summed E-state index contributed by atoms with van der Waals surface area (Å²) in [5.41, 5.74) is -1.13. The predicted molar refractivity (Wildman–Crippen MR) is 78.5 cm³/mol. The second-order valence-electron chi connectivity index (χ2n) is 5.35. The first-order valence-electron chi connectivity index (χ1n) is 6.93. The fourth-order valence-electron chi connectivity index (χ4n) is 1.88. The van der Waals surface area contributed by atoms with Crippen LogP contribution in [0.4, 0.5) is 0 Å². The number of hydrogen-bond acceptors (Lipinski definition) is 7. The third kappa shape index (κ3) is 6.15. The van der Waals surface area contributed by atoms with Crippen LogP contribution in [-0.4, -0.2) is 73.6 Å². The molecule has 2 unspecified atom stereocenters. The molecule has 0 aliphatic carbocycles. The maximum Gasteiger partial charge on any atom is 0.309 e. The van der Waals surface area contributed by atoms with Gasteiger partial charge in [0.1, 0.15) is 6.54 Å². The predicted octanol–water partition coefficient (Wildman–Crippen LogP) is -1.42. The molecular weight excluding hydrogens is 278 g/mol. The summed E-state index contributed by atoms with van der Waals surface area (Å²) < 4.78 is 0. The van der Waals surface area contributed by atoms with Crippen molar-refractivity contribution >= 4 is 12.2 Å². The van der Waals surface area contributed by atoms with Crippen LogP contribution in [-0.2, 0) is 4.79 Å². The molecule has 1 aliphatic rings. The van der Waals surface area contributed by atoms with Gasteiger partial charge in [0.2, 0.25) is 0 Å². The SMILES string of the molecule is CC1([N+](=O)[O-])CN=CCNCC(C(=O)O)CNCCNC1. The Morgan fingerprint density at radius 2 is 2.05 bits per heavy atom. The van der Waals surface area contributed by atoms with Crippen molar-refractivity contribution in [3.05, 3.63) is 10.1 Å². The molecule has 9 heteroatoms. The molecule has 4 N–H and O–H groups in total. The number of carboxylic acids is 1. The Balaban J connectivity index is 2.61. The van der Waals surface area contributed by atoms with Crippen LogP contribution in [0.5, 0.6) is 0 Å². The average molecular weight is 301 g/mol. The Morgan fingerprint density at radius 1 is 1.38 bits per heavy atom. The monoisotopic (exact) mass is 301 g/mol. The van der Waals surface area contributed by atoms with Gasteiger partial charge in [-0.1, -0.05) is 0 Å². The van der Waals surface area contributed by atoms with Crippen LogP contribution in [0.1, 0.15) is 6.92 Å². The Hall–Kier alpha value is -1.58. The number of hydrogen-bond donors (Lipinski definition) is 4. The number of carbonyl (C=O) groups is 1. The minimum absolute atomic E-state index is 0.0878. The van der Waals surface area contributed by atoms with Crippen molar-refractivity contribution in [2.45, 2.75) is 12.5 Å². The standard InChI is InChI=1S/C12H23N5O4/c1-12(17(20)21)8-15-4-2-13-6-10(11(18)19)7-14-3-5-16-9-12/h4,10,13-14,16H,2-3,5-9H2,1H3,(H,18,19). The summed E-state index contributed by atoms with van der Waals surface area (Å²) in [7, 11) is 0. The van der Waals surface area contributed by atoms with Gasteiger partial charge in [-0.15, -0.1) is 0 Å². The quantitative estimate of drug-likeness (QED) is 0.364. The van der Waals surface area contributed by atoms with Gasteiger partial charge in [0.05, 0.1) is 12.5 Å². The van der Waals surface area contributed by atoms with E-state index in [9.17, 15) is 14.9 Å². The van der Waals surface area contributed by atoms with Crippen LogP contribution >= 0.6 is 0 Å². The lowest BCUT2D eigenvalue weighted by atomic mass is 10.0. The lowest BCUT2D eigenvalue weighted by Gasteiger charge is -2.20. The number of nitro groups is 1. The highest BCUT2D eigenvalue weighted by Gasteiger charge is 2.36. The first-order chi connectivity index (χ1) is 9.96. The van der Waals surface area contributed by atoms with Gasteiger partial charge >= 0.3 is 5.97 Å². The number of aliphatic carboxylic acids is 1. The minimum Gasteiger partial charge on any atom is -0.481 e. The molecule has 120 valence electrons. The molecule has 0 bridgehead atoms. The van der Waals surface area contributed by atoms with Crippen molar-refractivity contribution in [3.8, 4) is 0 Å². The first kappa shape index (κ1) is 17.5. The second kappa shape index (κ2) is 8.65. The van der Waals surface area contributed by atoms with E-state index in [-0.39, 0.29) is 18.0 Å². The van der Waals surface area contributed by atoms with E-state index in [0.29, 0.717) is 32.7 Å². The van der Waals surface area contributed by atoms with Gasteiger partial charge in [0.15, 0.2) is 0 Å². The minimum atomic E-state index is -1.13. The lowest BCUT2D eigenvalue weighted by Crippen LogP contribution is -2.49. The average Bonchev–Trinajstić information content (AvgIpc) is 2.42. The summed E-state index contributed by atoms with van der Waals surface area (Å²) in [6.07, 6.45) is 1.56. The van der Waals surface area contributed by atoms with E-state index >= 15 is 0 Å². The highest BCUT2D eigenvalue weighted by molar-refractivity contribution is 5.70. The molecule has 0 spiro atoms. The van der Waals surface area contributed by atoms with Crippen LogP contribution in [0.15, 0.2) is 4.99 Å². The van der Waals surface area contributed by atoms with Crippen molar-refractivity contribution in [3.63, 3.8) is 0 Å². The highest BCUT2D eigenvalue weighted by Crippen LogP contribution is 2.08. The molecule has 1 heterocycles. The largest absolute Gasteiger partial charge is 0.481 e. The molecule has 0 amide bonds. The van der Waals surface area contributed by atoms with Gasteiger partial charge in [0, 0.05) is 50.8 Å². The van der Waals surface area contributed by atoms with Gasteiger partial charge in [0.25, 0.3) is 5.54 Å². The summed E-state index contributed by atoms with van der Waals surface area (Å²) in [4.78, 5) is 25.9. The van der Waals surface area contributed by atoms with Crippen LogP contribution in [0.2, 0.25) is 0 Å². The topological polar surface area (TPSA) is 129 Å². The second-order valence-corrected chi connectivity index (χ2v) is 5.35. The Morgan fingerprint density at radius 3 is 2.71 bits per heavy atom. The lowest BCUT2D eigenvalue weighted by molar-refractivity contribution is -0.559. The summed E-state index contributed by atoms with van der Waals surface area (Å²) in [6, 6.07) is 0. The summed E-state index contributed by atoms with van der Waals surface area (Å²) in [5.74, 6) is -1.36. The molecule has 1 rings (SSSR count). The fourth-order valence-corrected chi connectivity index (χ4v) is 1.88. The molecule has 0 radical (unpaired) electrons. The highest BCUT2D eigenvalue weighted by atomic mass is 16.6. The van der Waals surface area contributed by atoms with E-state index < -0.39 is 17.4 Å². The molecule has 2 atom stereocenters. The van der Waals surface area contributed by atoms with Crippen molar-refractivity contribution in [2.75, 3.05) is 45.8 Å². The first-order valence-corrected chi connectivity index (χ1v) is 6.93. The third-order valence-corrected chi connectivity index (χ3v) is 3.35. The summed E-state index contributed by atoms with van der Waals surface area (Å²) >= 11 is 0. The van der Waals surface area contributed by atoms with Crippen molar-refractivity contribution in [1.82, 2.24) is 16.0 Å². The van der Waals surface area contributed by atoms with E-state index in [4.69, 9.17) is 5.11 Å². The molecule has 0 saturated heterocycles. The van der Waals surface area contributed by atoms with Crippen LogP contribution in [0, 0.1) is 16.0 Å². The van der Waals surface area contributed by atoms with Gasteiger partial charge < -0.3 is 21.1 Å². The molecular formula is C12H23N5O4. The Kier molecular flexibility index (Phi) is 7.20. The molecule has 0 aromatic rings. The van der Waals surface area contributed by atoms with E-state index in [1.165, 1.54) is 0 Å². The number of carboxylic acid groups (broad SMARTS) is 1. The normalized spacial score (nSPS) is 29.5. The molecule has 21 heavy (non-hydrogen) atoms. The van der Waals surface area contributed by atoms with Crippen molar-refractivity contribution in [1.29, 1.82) is 0 Å². The van der Waals surface area contributed by atoms with E-state index in [1.54, 1.807) is 13.1 Å².